The highest BCUT2D eigenvalue weighted by Gasteiger charge is 1.89. The molecule has 34 valence electrons. The molecule has 0 aromatic rings. The standard InChI is InChI=1S/C3H2N4/c4-1-3-5-2-6-7-3/h2,4H. The van der Waals surface area contributed by atoms with Crippen molar-refractivity contribution in [1.29, 1.82) is 5.41 Å². The Morgan fingerprint density at radius 1 is 1.71 bits per heavy atom. The molecule has 0 saturated heterocycles. The van der Waals surface area contributed by atoms with Gasteiger partial charge in [-0.05, 0) is 0 Å². The number of aliphatic imine (C=N–C) groups is 1. The van der Waals surface area contributed by atoms with Crippen molar-refractivity contribution in [2.75, 3.05) is 0 Å². The summed E-state index contributed by atoms with van der Waals surface area (Å²) in [5.41, 5.74) is 0. The van der Waals surface area contributed by atoms with Crippen molar-refractivity contribution in [3.05, 3.63) is 5.82 Å². The number of hydrogen-bond acceptors (Lipinski definition) is 4. The number of nitrogens with zero attached hydrogens (tertiary/aromatic N) is 3. The van der Waals surface area contributed by atoms with E-state index in [0.717, 1.165) is 0 Å². The van der Waals surface area contributed by atoms with Gasteiger partial charge < -0.3 is 0 Å². The lowest BCUT2D eigenvalue weighted by atomic mass is 10.8. The summed E-state index contributed by atoms with van der Waals surface area (Å²) in [4.78, 5) is 3.51. The molecule has 1 N–H and O–H groups in total. The van der Waals surface area contributed by atoms with E-state index in [9.17, 15) is 0 Å². The first-order valence-electron chi connectivity index (χ1n) is 1.66. The Morgan fingerprint density at radius 2 is 2.57 bits per heavy atom. The van der Waals surface area contributed by atoms with Gasteiger partial charge in [0, 0.05) is 5.87 Å². The maximum absolute atomic E-state index is 6.45. The molecule has 0 spiro atoms. The maximum Gasteiger partial charge on any atom is 0.238 e. The van der Waals surface area contributed by atoms with Crippen LogP contribution in [0.2, 0.25) is 0 Å². The zero-order valence-electron chi connectivity index (χ0n) is 3.42. The van der Waals surface area contributed by atoms with Crippen molar-refractivity contribution < 1.29 is 0 Å². The molecule has 0 aliphatic carbocycles. The molecule has 1 heterocycles. The fourth-order valence-corrected chi connectivity index (χ4v) is 0.244. The summed E-state index contributed by atoms with van der Waals surface area (Å²) in [7, 11) is 0. The Morgan fingerprint density at radius 3 is 2.86 bits per heavy atom. The van der Waals surface area contributed by atoms with Crippen LogP contribution in [-0.4, -0.2) is 12.2 Å². The molecule has 1 aliphatic heterocycles. The third kappa shape index (κ3) is 0.586. The minimum Gasteiger partial charge on any atom is -0.255 e. The molecule has 1 rings (SSSR count). The van der Waals surface area contributed by atoms with Gasteiger partial charge in [0.05, 0.1) is 0 Å². The van der Waals surface area contributed by atoms with Crippen LogP contribution in [0.4, 0.5) is 0 Å². The average molecular weight is 94.1 g/mol. The molecule has 0 unspecified atom stereocenters. The van der Waals surface area contributed by atoms with Gasteiger partial charge in [0.25, 0.3) is 0 Å². The van der Waals surface area contributed by atoms with Crippen molar-refractivity contribution in [2.45, 2.75) is 0 Å². The van der Waals surface area contributed by atoms with Crippen LogP contribution in [0.5, 0.6) is 0 Å². The van der Waals surface area contributed by atoms with E-state index in [-0.39, 0.29) is 5.82 Å². The summed E-state index contributed by atoms with van der Waals surface area (Å²) in [6.07, 6.45) is 1.27. The van der Waals surface area contributed by atoms with Crippen molar-refractivity contribution in [3.63, 3.8) is 0 Å². The highest BCUT2D eigenvalue weighted by Crippen LogP contribution is 1.97. The summed E-state index contributed by atoms with van der Waals surface area (Å²) in [6.45, 7) is 0. The van der Waals surface area contributed by atoms with E-state index >= 15 is 0 Å². The van der Waals surface area contributed by atoms with E-state index in [0.29, 0.717) is 0 Å². The van der Waals surface area contributed by atoms with Crippen LogP contribution in [0.1, 0.15) is 0 Å². The Kier molecular flexibility index (Phi) is 0.805. The Labute approximate surface area is 39.8 Å². The summed E-state index contributed by atoms with van der Waals surface area (Å²) < 4.78 is 0. The zero-order chi connectivity index (χ0) is 5.11. The second kappa shape index (κ2) is 1.45. The average Bonchev–Trinajstić information content (AvgIpc) is 2.14. The molecule has 0 saturated carbocycles. The van der Waals surface area contributed by atoms with Crippen LogP contribution in [0.3, 0.4) is 0 Å². The van der Waals surface area contributed by atoms with Crippen molar-refractivity contribution >= 4 is 12.2 Å². The third-order valence-corrected chi connectivity index (χ3v) is 0.496. The van der Waals surface area contributed by atoms with Crippen molar-refractivity contribution in [2.24, 2.45) is 15.2 Å². The molecule has 0 aromatic heterocycles. The first kappa shape index (κ1) is 3.89. The second-order valence-corrected chi connectivity index (χ2v) is 0.909. The molecule has 4 nitrogen and oxygen atoms in total. The van der Waals surface area contributed by atoms with Gasteiger partial charge in [0.1, 0.15) is 6.34 Å². The predicted octanol–water partition coefficient (Wildman–Crippen LogP) is 0.570. The van der Waals surface area contributed by atoms with Crippen LogP contribution in [0.25, 0.3) is 0 Å². The monoisotopic (exact) mass is 94.0 g/mol. The van der Waals surface area contributed by atoms with Gasteiger partial charge in [-0.25, -0.2) is 4.99 Å². The topological polar surface area (TPSA) is 60.9 Å². The van der Waals surface area contributed by atoms with Crippen LogP contribution in [0.15, 0.2) is 21.0 Å². The lowest BCUT2D eigenvalue weighted by Gasteiger charge is -1.66. The minimum absolute atomic E-state index is 0.236. The van der Waals surface area contributed by atoms with Gasteiger partial charge in [0.2, 0.25) is 5.82 Å². The van der Waals surface area contributed by atoms with E-state index < -0.39 is 0 Å². The van der Waals surface area contributed by atoms with Gasteiger partial charge in [-0.3, -0.25) is 5.41 Å². The highest BCUT2D eigenvalue weighted by atomic mass is 15.2. The second-order valence-electron chi connectivity index (χ2n) is 0.909. The van der Waals surface area contributed by atoms with Gasteiger partial charge in [0.15, 0.2) is 0 Å². The SMILES string of the molecule is N=C=C1N=CN=N1. The van der Waals surface area contributed by atoms with Crippen LogP contribution < -0.4 is 0 Å². The fraction of sp³-hybridized carbons (Fsp3) is 0. The summed E-state index contributed by atoms with van der Waals surface area (Å²) in [5.74, 6) is 2.21. The lowest BCUT2D eigenvalue weighted by molar-refractivity contribution is 1.23. The highest BCUT2D eigenvalue weighted by molar-refractivity contribution is 5.65. The Bertz CT molecular complexity index is 157. The normalized spacial score (nSPS) is 15.1. The molecule has 4 heteroatoms. The molecular formula is C3H2N4. The molecule has 0 atom stereocenters. The first-order valence-corrected chi connectivity index (χ1v) is 1.66. The summed E-state index contributed by atoms with van der Waals surface area (Å²) in [6, 6.07) is 0. The van der Waals surface area contributed by atoms with Crippen molar-refractivity contribution in [1.82, 2.24) is 0 Å². The molecule has 0 fully saturated rings. The molecule has 0 radical (unpaired) electrons. The summed E-state index contributed by atoms with van der Waals surface area (Å²) >= 11 is 0. The van der Waals surface area contributed by atoms with Gasteiger partial charge in [-0.15, -0.1) is 10.2 Å². The number of nitrogens with one attached hydrogen (secondary N) is 1. The smallest absolute Gasteiger partial charge is 0.238 e. The largest absolute Gasteiger partial charge is 0.255 e. The third-order valence-electron chi connectivity index (χ3n) is 0.496. The lowest BCUT2D eigenvalue weighted by Crippen LogP contribution is -1.60. The maximum atomic E-state index is 6.45. The summed E-state index contributed by atoms with van der Waals surface area (Å²) in [5, 5.41) is 13.2. The first-order chi connectivity index (χ1) is 3.43. The number of rotatable bonds is 0. The van der Waals surface area contributed by atoms with E-state index in [1.165, 1.54) is 6.34 Å². The van der Waals surface area contributed by atoms with Gasteiger partial charge in [-0.1, -0.05) is 0 Å². The van der Waals surface area contributed by atoms with Crippen LogP contribution >= 0.6 is 0 Å². The van der Waals surface area contributed by atoms with Gasteiger partial charge >= 0.3 is 0 Å². The van der Waals surface area contributed by atoms with Gasteiger partial charge in [-0.2, -0.15) is 0 Å². The Hall–Kier alpha value is -1.28. The van der Waals surface area contributed by atoms with Crippen molar-refractivity contribution in [3.8, 4) is 0 Å². The van der Waals surface area contributed by atoms with E-state index in [1.54, 1.807) is 0 Å². The Balaban J connectivity index is 3.00. The molecule has 7 heavy (non-hydrogen) atoms. The van der Waals surface area contributed by atoms with E-state index in [1.807, 2.05) is 5.87 Å². The zero-order valence-corrected chi connectivity index (χ0v) is 3.42. The van der Waals surface area contributed by atoms with E-state index in [4.69, 9.17) is 5.41 Å². The van der Waals surface area contributed by atoms with Crippen LogP contribution in [-0.2, 0) is 0 Å². The fourth-order valence-electron chi connectivity index (χ4n) is 0.244. The number of azo groups is 1. The quantitative estimate of drug-likeness (QED) is 0.426. The molecule has 0 aromatic carbocycles. The molecule has 1 aliphatic rings. The number of hydrogen-bond donors (Lipinski definition) is 1. The molecule has 0 amide bonds. The molecular weight excluding hydrogens is 92.1 g/mol. The molecule has 0 bridgehead atoms. The minimum atomic E-state index is 0.236. The predicted molar refractivity (Wildman–Crippen MR) is 24.6 cm³/mol. The van der Waals surface area contributed by atoms with Crippen LogP contribution in [0, 0.1) is 5.41 Å². The van der Waals surface area contributed by atoms with E-state index in [2.05, 4.69) is 15.2 Å².